The number of alkyl halides is 1. The molecule has 8 heteroatoms. The van der Waals surface area contributed by atoms with Gasteiger partial charge in [-0.15, -0.1) is 0 Å². The van der Waals surface area contributed by atoms with E-state index in [0.717, 1.165) is 41.8 Å². The Morgan fingerprint density at radius 3 is 2.26 bits per heavy atom. The summed E-state index contributed by atoms with van der Waals surface area (Å²) in [5.41, 5.74) is 7.99. The Kier molecular flexibility index (Phi) is 9.97. The molecule has 0 saturated carbocycles. The maximum absolute atomic E-state index is 13.3. The maximum atomic E-state index is 13.3. The number of halogens is 1. The van der Waals surface area contributed by atoms with Gasteiger partial charge in [-0.2, -0.15) is 0 Å². The molecule has 2 heterocycles. The predicted molar refractivity (Wildman–Crippen MR) is 181 cm³/mol. The molecule has 0 atom stereocenters. The Bertz CT molecular complexity index is 1820. The number of ether oxygens (including phenoxy) is 2. The highest BCUT2D eigenvalue weighted by Gasteiger charge is 2.29. The molecular weight excluding hydrogens is 593 g/mol. The van der Waals surface area contributed by atoms with Gasteiger partial charge in [0.05, 0.1) is 5.56 Å². The van der Waals surface area contributed by atoms with Crippen molar-refractivity contribution in [2.75, 3.05) is 26.8 Å². The summed E-state index contributed by atoms with van der Waals surface area (Å²) in [7, 11) is 2.11. The molecule has 5 aromatic rings. The molecule has 0 saturated heterocycles. The van der Waals surface area contributed by atoms with Crippen LogP contribution >= 0.6 is 0 Å². The van der Waals surface area contributed by atoms with Crippen LogP contribution < -0.4 is 14.8 Å². The first-order valence-corrected chi connectivity index (χ1v) is 16.1. The highest BCUT2D eigenvalue weighted by atomic mass is 19.1. The number of nitrogens with zero attached hydrogens (tertiary/aromatic N) is 2. The fourth-order valence-corrected chi connectivity index (χ4v) is 5.92. The molecule has 47 heavy (non-hydrogen) atoms. The molecule has 0 fully saturated rings. The normalized spacial score (nSPS) is 13.0. The molecule has 0 bridgehead atoms. The van der Waals surface area contributed by atoms with Gasteiger partial charge in [-0.25, -0.2) is 4.39 Å². The second kappa shape index (κ2) is 14.6. The summed E-state index contributed by atoms with van der Waals surface area (Å²) in [4.78, 5) is 15.6. The van der Waals surface area contributed by atoms with Crippen molar-refractivity contribution in [2.45, 2.75) is 45.9 Å². The summed E-state index contributed by atoms with van der Waals surface area (Å²) in [5.74, 6) is 0.870. The number of rotatable bonds is 12. The summed E-state index contributed by atoms with van der Waals surface area (Å²) in [6.45, 7) is 5.92. The molecule has 0 radical (unpaired) electrons. The fraction of sp³-hybridized carbons (Fsp3) is 0.282. The number of nitrogens with one attached hydrogen (secondary N) is 1. The van der Waals surface area contributed by atoms with E-state index in [-0.39, 0.29) is 18.2 Å². The lowest BCUT2D eigenvalue weighted by atomic mass is 9.91. The van der Waals surface area contributed by atoms with Gasteiger partial charge in [-0.1, -0.05) is 97.9 Å². The van der Waals surface area contributed by atoms with Gasteiger partial charge in [0.1, 0.15) is 37.1 Å². The maximum Gasteiger partial charge on any atom is 0.290 e. The van der Waals surface area contributed by atoms with Gasteiger partial charge in [0, 0.05) is 31.3 Å². The Labute approximate surface area is 275 Å². The third kappa shape index (κ3) is 7.39. The molecule has 0 spiro atoms. The van der Waals surface area contributed by atoms with E-state index in [4.69, 9.17) is 14.0 Å². The number of fused-ring (bicyclic) bond motifs is 1. The van der Waals surface area contributed by atoms with Crippen molar-refractivity contribution in [1.29, 1.82) is 0 Å². The van der Waals surface area contributed by atoms with Crippen LogP contribution in [0.15, 0.2) is 95.5 Å². The minimum atomic E-state index is -0.686. The summed E-state index contributed by atoms with van der Waals surface area (Å²) < 4.78 is 31.8. The highest BCUT2D eigenvalue weighted by molar-refractivity contribution is 6.02. The van der Waals surface area contributed by atoms with Crippen LogP contribution in [0, 0.1) is 0 Å². The smallest absolute Gasteiger partial charge is 0.290 e. The predicted octanol–water partition coefficient (Wildman–Crippen LogP) is 7.98. The molecule has 0 aliphatic carbocycles. The number of likely N-dealkylation sites (N-methyl/N-ethyl adjacent to an activating group) is 1. The standard InChI is InChI=1S/C39H40FN3O4/c1-26(2)32-21-33(35(46-25-28-12-8-5-9-13-28)22-34(32)45-24-27-10-6-4-7-11-27)37-36(38(47-42-37)39(44)41-18-17-40)30-14-15-31-23-43(3)19-16-29(31)20-30/h4-15,20-22,26H,16-19,23-25H2,1-3H3,(H,41,44). The Morgan fingerprint density at radius 2 is 1.60 bits per heavy atom. The monoisotopic (exact) mass is 633 g/mol. The topological polar surface area (TPSA) is 76.8 Å². The molecule has 1 aromatic heterocycles. The minimum absolute atomic E-state index is 0.0332. The Hall–Kier alpha value is -4.95. The van der Waals surface area contributed by atoms with E-state index >= 15 is 0 Å². The molecular formula is C39H40FN3O4. The lowest BCUT2D eigenvalue weighted by Gasteiger charge is -2.25. The van der Waals surface area contributed by atoms with Crippen LogP contribution in [0.25, 0.3) is 22.4 Å². The summed E-state index contributed by atoms with van der Waals surface area (Å²) in [6, 6.07) is 30.1. The quantitative estimate of drug-likeness (QED) is 0.150. The van der Waals surface area contributed by atoms with Gasteiger partial charge in [0.25, 0.3) is 5.91 Å². The number of hydrogen-bond donors (Lipinski definition) is 1. The van der Waals surface area contributed by atoms with Crippen LogP contribution in [0.1, 0.15) is 58.1 Å². The number of benzene rings is 4. The molecule has 7 nitrogen and oxygen atoms in total. The third-order valence-electron chi connectivity index (χ3n) is 8.44. The van der Waals surface area contributed by atoms with Crippen LogP contribution in [-0.2, 0) is 26.2 Å². The van der Waals surface area contributed by atoms with E-state index in [1.54, 1.807) is 0 Å². The average molecular weight is 634 g/mol. The second-order valence-electron chi connectivity index (χ2n) is 12.2. The average Bonchev–Trinajstić information content (AvgIpc) is 3.54. The van der Waals surface area contributed by atoms with Crippen molar-refractivity contribution in [3.05, 3.63) is 125 Å². The lowest BCUT2D eigenvalue weighted by molar-refractivity contribution is 0.0915. The first kappa shape index (κ1) is 32.0. The van der Waals surface area contributed by atoms with Gasteiger partial charge in [0.2, 0.25) is 5.76 Å². The molecule has 1 aliphatic rings. The van der Waals surface area contributed by atoms with Crippen molar-refractivity contribution < 1.29 is 23.2 Å². The zero-order valence-electron chi connectivity index (χ0n) is 27.1. The SMILES string of the molecule is CC(C)c1cc(-c2noc(C(=O)NCCF)c2-c2ccc3c(c2)CCN(C)C3)c(OCc2ccccc2)cc1OCc1ccccc1. The van der Waals surface area contributed by atoms with E-state index in [2.05, 4.69) is 48.4 Å². The number of hydrogen-bond acceptors (Lipinski definition) is 6. The van der Waals surface area contributed by atoms with Crippen molar-refractivity contribution in [1.82, 2.24) is 15.4 Å². The van der Waals surface area contributed by atoms with Crippen LogP contribution in [-0.4, -0.2) is 42.8 Å². The fourth-order valence-electron chi connectivity index (χ4n) is 5.92. The van der Waals surface area contributed by atoms with Crippen LogP contribution in [0.2, 0.25) is 0 Å². The Morgan fingerprint density at radius 1 is 0.915 bits per heavy atom. The van der Waals surface area contributed by atoms with Gasteiger partial charge < -0.3 is 24.2 Å². The van der Waals surface area contributed by atoms with Crippen LogP contribution in [0.3, 0.4) is 0 Å². The number of amides is 1. The Balaban J connectivity index is 1.49. The van der Waals surface area contributed by atoms with E-state index in [1.165, 1.54) is 11.1 Å². The number of aromatic nitrogens is 1. The first-order chi connectivity index (χ1) is 22.9. The number of carbonyl (C=O) groups excluding carboxylic acids is 1. The molecule has 1 N–H and O–H groups in total. The van der Waals surface area contributed by atoms with Crippen molar-refractivity contribution >= 4 is 5.91 Å². The number of carbonyl (C=O) groups is 1. The first-order valence-electron chi connectivity index (χ1n) is 16.1. The third-order valence-corrected chi connectivity index (χ3v) is 8.44. The summed E-state index contributed by atoms with van der Waals surface area (Å²) >= 11 is 0. The van der Waals surface area contributed by atoms with E-state index in [1.807, 2.05) is 78.9 Å². The van der Waals surface area contributed by atoms with Gasteiger partial charge >= 0.3 is 0 Å². The molecule has 1 aliphatic heterocycles. The van der Waals surface area contributed by atoms with Crippen molar-refractivity contribution in [3.63, 3.8) is 0 Å². The van der Waals surface area contributed by atoms with E-state index < -0.39 is 12.6 Å². The molecule has 4 aromatic carbocycles. The van der Waals surface area contributed by atoms with Crippen LogP contribution in [0.5, 0.6) is 11.5 Å². The lowest BCUT2D eigenvalue weighted by Crippen LogP contribution is -2.26. The zero-order valence-corrected chi connectivity index (χ0v) is 27.1. The molecule has 242 valence electrons. The van der Waals surface area contributed by atoms with E-state index in [0.29, 0.717) is 41.5 Å². The van der Waals surface area contributed by atoms with Crippen LogP contribution in [0.4, 0.5) is 4.39 Å². The van der Waals surface area contributed by atoms with Gasteiger partial charge in [0.15, 0.2) is 0 Å². The van der Waals surface area contributed by atoms with Crippen molar-refractivity contribution in [2.24, 2.45) is 0 Å². The minimum Gasteiger partial charge on any atom is -0.488 e. The second-order valence-corrected chi connectivity index (χ2v) is 12.2. The molecule has 1 amide bonds. The highest BCUT2D eigenvalue weighted by Crippen LogP contribution is 2.44. The van der Waals surface area contributed by atoms with E-state index in [9.17, 15) is 9.18 Å². The summed E-state index contributed by atoms with van der Waals surface area (Å²) in [6.07, 6.45) is 0.889. The van der Waals surface area contributed by atoms with Crippen molar-refractivity contribution in [3.8, 4) is 33.9 Å². The largest absolute Gasteiger partial charge is 0.488 e. The molecule has 6 rings (SSSR count). The molecule has 0 unspecified atom stereocenters. The van der Waals surface area contributed by atoms with Gasteiger partial charge in [-0.05, 0) is 58.8 Å². The summed E-state index contributed by atoms with van der Waals surface area (Å²) in [5, 5.41) is 7.12. The van der Waals surface area contributed by atoms with Gasteiger partial charge in [-0.3, -0.25) is 4.79 Å². The zero-order chi connectivity index (χ0) is 32.8.